The first-order valence-corrected chi connectivity index (χ1v) is 8.94. The third-order valence-electron chi connectivity index (χ3n) is 4.61. The molecule has 3 aromatic rings. The van der Waals surface area contributed by atoms with Crippen LogP contribution in [0.15, 0.2) is 71.9 Å². The van der Waals surface area contributed by atoms with Crippen molar-refractivity contribution in [3.63, 3.8) is 0 Å². The number of nitrogens with zero attached hydrogens (tertiary/aromatic N) is 2. The molecule has 0 N–H and O–H groups in total. The maximum absolute atomic E-state index is 15.0. The molecular formula is C23H17F3N2O. The van der Waals surface area contributed by atoms with Crippen LogP contribution in [0.2, 0.25) is 0 Å². The Morgan fingerprint density at radius 2 is 1.72 bits per heavy atom. The summed E-state index contributed by atoms with van der Waals surface area (Å²) in [5.74, 6) is -1.77. The number of ether oxygens (including phenoxy) is 1. The zero-order valence-electron chi connectivity index (χ0n) is 15.8. The molecule has 29 heavy (non-hydrogen) atoms. The van der Waals surface area contributed by atoms with Gasteiger partial charge in [0.15, 0.2) is 11.6 Å². The number of rotatable bonds is 4. The van der Waals surface area contributed by atoms with Crippen molar-refractivity contribution in [2.24, 2.45) is 4.99 Å². The lowest BCUT2D eigenvalue weighted by Crippen LogP contribution is -2.16. The maximum Gasteiger partial charge on any atom is 0.220 e. The van der Waals surface area contributed by atoms with Crippen LogP contribution in [-0.4, -0.2) is 12.9 Å². The minimum Gasteiger partial charge on any atom is -0.436 e. The van der Waals surface area contributed by atoms with Crippen molar-refractivity contribution in [1.29, 1.82) is 0 Å². The van der Waals surface area contributed by atoms with Gasteiger partial charge in [0.25, 0.3) is 0 Å². The molecule has 0 saturated heterocycles. The van der Waals surface area contributed by atoms with E-state index in [1.165, 1.54) is 29.3 Å². The third kappa shape index (κ3) is 3.74. The predicted molar refractivity (Wildman–Crippen MR) is 108 cm³/mol. The van der Waals surface area contributed by atoms with E-state index in [9.17, 15) is 8.78 Å². The Balaban J connectivity index is 1.75. The van der Waals surface area contributed by atoms with Crippen LogP contribution in [-0.2, 0) is 0 Å². The van der Waals surface area contributed by atoms with Crippen molar-refractivity contribution < 1.29 is 17.9 Å². The molecule has 6 heteroatoms. The number of hydrogen-bond acceptors (Lipinski definition) is 3. The van der Waals surface area contributed by atoms with Crippen LogP contribution in [0.1, 0.15) is 5.56 Å². The second kappa shape index (κ2) is 7.47. The average Bonchev–Trinajstić information content (AvgIpc) is 2.65. The summed E-state index contributed by atoms with van der Waals surface area (Å²) in [6, 6.07) is 14.0. The smallest absolute Gasteiger partial charge is 0.220 e. The van der Waals surface area contributed by atoms with Gasteiger partial charge in [-0.3, -0.25) is 0 Å². The van der Waals surface area contributed by atoms with Gasteiger partial charge in [-0.1, -0.05) is 18.2 Å². The summed E-state index contributed by atoms with van der Waals surface area (Å²) in [7, 11) is 1.57. The highest BCUT2D eigenvalue weighted by molar-refractivity contribution is 5.94. The van der Waals surface area contributed by atoms with Crippen LogP contribution in [0.5, 0.6) is 5.75 Å². The summed E-state index contributed by atoms with van der Waals surface area (Å²) in [6.07, 6.45) is 3.10. The standard InChI is InChI=1S/C23H17F3N2O/c1-14-10-16(15-4-3-5-17(24)12-15)13-18(11-14)28(2)23-19(25)6-7-20(22(23)26)29-21-8-9-27-21/h3-13H,1-2H3. The zero-order chi connectivity index (χ0) is 20.5. The quantitative estimate of drug-likeness (QED) is 0.530. The molecule has 0 unspecified atom stereocenters. The Labute approximate surface area is 166 Å². The molecule has 0 saturated carbocycles. The van der Waals surface area contributed by atoms with Gasteiger partial charge >= 0.3 is 0 Å². The van der Waals surface area contributed by atoms with E-state index < -0.39 is 11.6 Å². The monoisotopic (exact) mass is 394 g/mol. The molecule has 0 radical (unpaired) electrons. The number of aryl methyl sites for hydroxylation is 1. The normalized spacial score (nSPS) is 12.4. The second-order valence-electron chi connectivity index (χ2n) is 6.72. The number of aliphatic imine (C=N–C) groups is 1. The van der Waals surface area contributed by atoms with E-state index in [0.717, 1.165) is 17.2 Å². The number of anilines is 2. The van der Waals surface area contributed by atoms with Crippen molar-refractivity contribution in [2.75, 3.05) is 11.9 Å². The molecule has 1 aliphatic heterocycles. The predicted octanol–water partition coefficient (Wildman–Crippen LogP) is 6.15. The Bertz CT molecular complexity index is 1150. The molecule has 1 heterocycles. The zero-order valence-corrected chi connectivity index (χ0v) is 15.8. The molecule has 3 aromatic carbocycles. The van der Waals surface area contributed by atoms with E-state index >= 15 is 4.39 Å². The van der Waals surface area contributed by atoms with Gasteiger partial charge in [-0.2, -0.15) is 0 Å². The second-order valence-corrected chi connectivity index (χ2v) is 6.72. The van der Waals surface area contributed by atoms with E-state index in [-0.39, 0.29) is 23.2 Å². The van der Waals surface area contributed by atoms with Gasteiger partial charge in [0.2, 0.25) is 5.90 Å². The van der Waals surface area contributed by atoms with E-state index in [4.69, 9.17) is 4.74 Å². The van der Waals surface area contributed by atoms with Crippen LogP contribution in [0, 0.1) is 24.4 Å². The highest BCUT2D eigenvalue weighted by atomic mass is 19.1. The molecule has 0 amide bonds. The van der Waals surface area contributed by atoms with Crippen LogP contribution in [0.3, 0.4) is 0 Å². The summed E-state index contributed by atoms with van der Waals surface area (Å²) < 4.78 is 48.6. The van der Waals surface area contributed by atoms with Gasteiger partial charge in [-0.25, -0.2) is 18.2 Å². The van der Waals surface area contributed by atoms with E-state index in [0.29, 0.717) is 11.3 Å². The first-order chi connectivity index (χ1) is 13.9. The first-order valence-electron chi connectivity index (χ1n) is 8.94. The molecule has 0 spiro atoms. The Kier molecular flexibility index (Phi) is 4.84. The average molecular weight is 394 g/mol. The molecule has 3 nitrogen and oxygen atoms in total. The molecule has 0 fully saturated rings. The minimum atomic E-state index is -0.829. The fourth-order valence-electron chi connectivity index (χ4n) is 3.14. The van der Waals surface area contributed by atoms with E-state index in [1.807, 2.05) is 13.0 Å². The molecule has 0 atom stereocenters. The first kappa shape index (κ1) is 18.8. The molecular weight excluding hydrogens is 377 g/mol. The van der Waals surface area contributed by atoms with Gasteiger partial charge in [0.05, 0.1) is 0 Å². The van der Waals surface area contributed by atoms with Crippen molar-refractivity contribution in [2.45, 2.75) is 6.92 Å². The lowest BCUT2D eigenvalue weighted by Gasteiger charge is -2.23. The van der Waals surface area contributed by atoms with Crippen LogP contribution < -0.4 is 9.64 Å². The highest BCUT2D eigenvalue weighted by Gasteiger charge is 2.21. The van der Waals surface area contributed by atoms with E-state index in [2.05, 4.69) is 4.99 Å². The number of benzene rings is 3. The lowest BCUT2D eigenvalue weighted by molar-refractivity contribution is 0.484. The van der Waals surface area contributed by atoms with Crippen molar-refractivity contribution >= 4 is 17.3 Å². The van der Waals surface area contributed by atoms with Gasteiger partial charge < -0.3 is 9.64 Å². The molecule has 0 aromatic heterocycles. The van der Waals surface area contributed by atoms with Crippen molar-refractivity contribution in [3.8, 4) is 16.9 Å². The van der Waals surface area contributed by atoms with Gasteiger partial charge in [0.1, 0.15) is 17.3 Å². The van der Waals surface area contributed by atoms with Crippen molar-refractivity contribution in [3.05, 3.63) is 89.9 Å². The van der Waals surface area contributed by atoms with Gasteiger partial charge in [-0.15, -0.1) is 0 Å². The SMILES string of the molecule is Cc1cc(-c2cccc(F)c2)cc(N(C)c2c(F)ccc(OC3=NC=C3)c2F)c1. The summed E-state index contributed by atoms with van der Waals surface area (Å²) in [4.78, 5) is 5.24. The third-order valence-corrected chi connectivity index (χ3v) is 4.61. The number of hydrogen-bond donors (Lipinski definition) is 0. The molecule has 146 valence electrons. The van der Waals surface area contributed by atoms with Gasteiger partial charge in [-0.05, 0) is 60.0 Å². The molecule has 4 rings (SSSR count). The summed E-state index contributed by atoms with van der Waals surface area (Å²) in [6.45, 7) is 1.87. The Morgan fingerprint density at radius 3 is 2.41 bits per heavy atom. The Hall–Kier alpha value is -3.54. The fraction of sp³-hybridized carbons (Fsp3) is 0.0870. The van der Waals surface area contributed by atoms with E-state index in [1.54, 1.807) is 37.4 Å². The van der Waals surface area contributed by atoms with Gasteiger partial charge in [0, 0.05) is 25.0 Å². The topological polar surface area (TPSA) is 24.8 Å². The minimum absolute atomic E-state index is 0.116. The maximum atomic E-state index is 15.0. The lowest BCUT2D eigenvalue weighted by atomic mass is 10.0. The molecule has 1 aliphatic rings. The van der Waals surface area contributed by atoms with Crippen LogP contribution >= 0.6 is 0 Å². The molecule has 0 aliphatic carbocycles. The van der Waals surface area contributed by atoms with Crippen LogP contribution in [0.25, 0.3) is 11.1 Å². The fourth-order valence-corrected chi connectivity index (χ4v) is 3.14. The van der Waals surface area contributed by atoms with Crippen LogP contribution in [0.4, 0.5) is 24.5 Å². The van der Waals surface area contributed by atoms with Crippen molar-refractivity contribution in [1.82, 2.24) is 0 Å². The largest absolute Gasteiger partial charge is 0.436 e. The molecule has 0 bridgehead atoms. The highest BCUT2D eigenvalue weighted by Crippen LogP contribution is 2.36. The summed E-state index contributed by atoms with van der Waals surface area (Å²) in [5.41, 5.74) is 2.60. The summed E-state index contributed by atoms with van der Waals surface area (Å²) in [5, 5.41) is 0. The Morgan fingerprint density at radius 1 is 0.931 bits per heavy atom. The number of halogens is 3. The summed E-state index contributed by atoms with van der Waals surface area (Å²) >= 11 is 0.